The molecule has 1 fully saturated rings. The van der Waals surface area contributed by atoms with Crippen LogP contribution in [0.25, 0.3) is 0 Å². The van der Waals surface area contributed by atoms with E-state index < -0.39 is 17.4 Å². The second-order valence-corrected chi connectivity index (χ2v) is 9.80. The van der Waals surface area contributed by atoms with Crippen molar-refractivity contribution in [1.29, 1.82) is 0 Å². The number of likely N-dealkylation sites (tertiary alicyclic amines) is 1. The Bertz CT molecular complexity index is 1280. The van der Waals surface area contributed by atoms with Crippen LogP contribution in [0.5, 0.6) is 5.75 Å². The van der Waals surface area contributed by atoms with Crippen LogP contribution in [-0.4, -0.2) is 65.7 Å². The molecule has 0 saturated carbocycles. The van der Waals surface area contributed by atoms with Crippen molar-refractivity contribution in [1.82, 2.24) is 4.90 Å². The van der Waals surface area contributed by atoms with Gasteiger partial charge in [0.1, 0.15) is 5.75 Å². The molecular formula is C28H31N3O6. The van der Waals surface area contributed by atoms with Gasteiger partial charge in [-0.15, -0.1) is 0 Å². The number of hydrogen-bond donors (Lipinski definition) is 2. The Morgan fingerprint density at radius 1 is 1.22 bits per heavy atom. The van der Waals surface area contributed by atoms with E-state index >= 15 is 0 Å². The van der Waals surface area contributed by atoms with E-state index in [0.717, 1.165) is 12.8 Å². The Balaban J connectivity index is 1.43. The zero-order valence-electron chi connectivity index (χ0n) is 21.0. The predicted molar refractivity (Wildman–Crippen MR) is 138 cm³/mol. The monoisotopic (exact) mass is 505 g/mol. The zero-order chi connectivity index (χ0) is 26.3. The molecule has 194 valence electrons. The number of likely N-dealkylation sites (N-methyl/N-ethyl adjacent to an activating group) is 1. The number of aliphatic hydroxyl groups is 2. The van der Waals surface area contributed by atoms with Gasteiger partial charge >= 0.3 is 0 Å². The summed E-state index contributed by atoms with van der Waals surface area (Å²) in [5, 5.41) is 21.3. The Morgan fingerprint density at radius 2 is 2.00 bits per heavy atom. The zero-order valence-corrected chi connectivity index (χ0v) is 21.0. The van der Waals surface area contributed by atoms with Gasteiger partial charge in [-0.25, -0.2) is 0 Å². The summed E-state index contributed by atoms with van der Waals surface area (Å²) in [4.78, 5) is 43.4. The topological polar surface area (TPSA) is 111 Å². The lowest BCUT2D eigenvalue weighted by Crippen LogP contribution is -2.43. The van der Waals surface area contributed by atoms with Crippen LogP contribution in [0, 0.1) is 5.92 Å². The molecule has 1 saturated heterocycles. The third kappa shape index (κ3) is 4.08. The van der Waals surface area contributed by atoms with Crippen molar-refractivity contribution in [2.45, 2.75) is 37.8 Å². The highest BCUT2D eigenvalue weighted by atomic mass is 16.5. The molecular weight excluding hydrogens is 474 g/mol. The number of anilines is 3. The summed E-state index contributed by atoms with van der Waals surface area (Å²) in [5.41, 5.74) is 0.212. The fourth-order valence-electron chi connectivity index (χ4n) is 5.55. The van der Waals surface area contributed by atoms with E-state index in [1.54, 1.807) is 61.4 Å². The SMILES string of the molecule is C[C@H](/C=C/CC(=O)N1CCC[C@H]1CO)[C@@]1(O)C(=O)N(C)c2ccc(N3C(=O)COc4ccccc43)cc21. The third-order valence-corrected chi connectivity index (χ3v) is 7.63. The van der Waals surface area contributed by atoms with Gasteiger partial charge < -0.3 is 24.7 Å². The number of hydrogen-bond acceptors (Lipinski definition) is 6. The number of carbonyl (C=O) groups is 3. The van der Waals surface area contributed by atoms with Gasteiger partial charge in [-0.05, 0) is 43.2 Å². The van der Waals surface area contributed by atoms with E-state index in [1.165, 1.54) is 9.80 Å². The molecule has 0 radical (unpaired) electrons. The van der Waals surface area contributed by atoms with Crippen LogP contribution in [0.1, 0.15) is 31.7 Å². The number of para-hydroxylation sites is 2. The summed E-state index contributed by atoms with van der Waals surface area (Å²) >= 11 is 0. The molecule has 2 N–H and O–H groups in total. The van der Waals surface area contributed by atoms with E-state index in [0.29, 0.717) is 34.9 Å². The summed E-state index contributed by atoms with van der Waals surface area (Å²) in [7, 11) is 1.61. The summed E-state index contributed by atoms with van der Waals surface area (Å²) in [5.74, 6) is -0.889. The maximum atomic E-state index is 13.3. The van der Waals surface area contributed by atoms with Crippen molar-refractivity contribution < 1.29 is 29.3 Å². The van der Waals surface area contributed by atoms with Crippen molar-refractivity contribution in [3.63, 3.8) is 0 Å². The van der Waals surface area contributed by atoms with E-state index in [4.69, 9.17) is 4.74 Å². The molecule has 5 rings (SSSR count). The molecule has 9 heteroatoms. The van der Waals surface area contributed by atoms with Gasteiger partial charge in [0.2, 0.25) is 5.91 Å². The second kappa shape index (κ2) is 9.64. The minimum atomic E-state index is -1.87. The van der Waals surface area contributed by atoms with Gasteiger partial charge in [-0.3, -0.25) is 19.3 Å². The van der Waals surface area contributed by atoms with Gasteiger partial charge in [0, 0.05) is 37.2 Å². The van der Waals surface area contributed by atoms with Crippen LogP contribution in [0.2, 0.25) is 0 Å². The van der Waals surface area contributed by atoms with Crippen molar-refractivity contribution in [3.8, 4) is 5.75 Å². The standard InChI is InChI=1S/C28H31N3O6/c1-18(7-5-11-25(33)30-14-6-8-20(30)16-32)28(36)21-15-19(12-13-22(21)29(2)27(28)35)31-23-9-3-4-10-24(23)37-17-26(31)34/h3-5,7,9-10,12-13,15,18,20,32,36H,6,8,11,14,16-17H2,1-2H3/b7-5+/t18-,20+,28+/m1/s1. The first-order valence-electron chi connectivity index (χ1n) is 12.5. The molecule has 0 spiro atoms. The number of nitrogens with zero attached hydrogens (tertiary/aromatic N) is 3. The average Bonchev–Trinajstić information content (AvgIpc) is 3.47. The fourth-order valence-corrected chi connectivity index (χ4v) is 5.55. The molecule has 0 bridgehead atoms. The van der Waals surface area contributed by atoms with E-state index in [9.17, 15) is 24.6 Å². The van der Waals surface area contributed by atoms with Gasteiger partial charge in [0.05, 0.1) is 24.0 Å². The maximum absolute atomic E-state index is 13.3. The van der Waals surface area contributed by atoms with Crippen LogP contribution in [0.4, 0.5) is 17.1 Å². The van der Waals surface area contributed by atoms with E-state index in [-0.39, 0.29) is 37.5 Å². The summed E-state index contributed by atoms with van der Waals surface area (Å²) in [6.07, 6.45) is 5.14. The minimum absolute atomic E-state index is 0.0539. The van der Waals surface area contributed by atoms with Crippen LogP contribution in [0.15, 0.2) is 54.6 Å². The van der Waals surface area contributed by atoms with Crippen molar-refractivity contribution >= 4 is 34.8 Å². The first kappa shape index (κ1) is 25.0. The predicted octanol–water partition coefficient (Wildman–Crippen LogP) is 2.47. The summed E-state index contributed by atoms with van der Waals surface area (Å²) < 4.78 is 5.55. The number of benzene rings is 2. The lowest BCUT2D eigenvalue weighted by molar-refractivity contribution is -0.139. The van der Waals surface area contributed by atoms with Crippen molar-refractivity contribution in [2.24, 2.45) is 5.92 Å². The Kier molecular flexibility index (Phi) is 6.51. The largest absolute Gasteiger partial charge is 0.482 e. The highest BCUT2D eigenvalue weighted by molar-refractivity contribution is 6.09. The van der Waals surface area contributed by atoms with Crippen LogP contribution in [-0.2, 0) is 20.0 Å². The minimum Gasteiger partial charge on any atom is -0.482 e. The lowest BCUT2D eigenvalue weighted by Gasteiger charge is -2.31. The molecule has 3 aliphatic rings. The number of amides is 3. The molecule has 3 aliphatic heterocycles. The first-order valence-corrected chi connectivity index (χ1v) is 12.5. The second-order valence-electron chi connectivity index (χ2n) is 9.80. The molecule has 2 aromatic carbocycles. The first-order chi connectivity index (χ1) is 17.8. The Labute approximate surface area is 215 Å². The number of carbonyl (C=O) groups excluding carboxylic acids is 3. The molecule has 3 atom stereocenters. The third-order valence-electron chi connectivity index (χ3n) is 7.63. The molecule has 9 nitrogen and oxygen atoms in total. The van der Waals surface area contributed by atoms with Gasteiger partial charge in [0.15, 0.2) is 12.2 Å². The molecule has 0 aliphatic carbocycles. The maximum Gasteiger partial charge on any atom is 0.269 e. The van der Waals surface area contributed by atoms with E-state index in [2.05, 4.69) is 0 Å². The van der Waals surface area contributed by atoms with Gasteiger partial charge in [-0.2, -0.15) is 0 Å². The smallest absolute Gasteiger partial charge is 0.269 e. The quantitative estimate of drug-likeness (QED) is 0.584. The van der Waals surface area contributed by atoms with Crippen molar-refractivity contribution in [2.75, 3.05) is 36.6 Å². The number of rotatable bonds is 6. The van der Waals surface area contributed by atoms with E-state index in [1.807, 2.05) is 12.1 Å². The number of aliphatic hydroxyl groups excluding tert-OH is 1. The van der Waals surface area contributed by atoms with Crippen LogP contribution in [0.3, 0.4) is 0 Å². The Hall–Kier alpha value is -3.69. The van der Waals surface area contributed by atoms with Crippen LogP contribution < -0.4 is 14.5 Å². The fraction of sp³-hybridized carbons (Fsp3) is 0.393. The molecule has 3 amide bonds. The average molecular weight is 506 g/mol. The number of ether oxygens (including phenoxy) is 1. The highest BCUT2D eigenvalue weighted by Gasteiger charge is 2.51. The van der Waals surface area contributed by atoms with Crippen molar-refractivity contribution in [3.05, 3.63) is 60.2 Å². The molecule has 37 heavy (non-hydrogen) atoms. The highest BCUT2D eigenvalue weighted by Crippen LogP contribution is 2.47. The van der Waals surface area contributed by atoms with Crippen LogP contribution >= 0.6 is 0 Å². The molecule has 0 unspecified atom stereocenters. The molecule has 2 aromatic rings. The summed E-state index contributed by atoms with van der Waals surface area (Å²) in [6, 6.07) is 12.2. The van der Waals surface area contributed by atoms with Gasteiger partial charge in [-0.1, -0.05) is 31.2 Å². The molecule has 0 aromatic heterocycles. The lowest BCUT2D eigenvalue weighted by atomic mass is 9.82. The van der Waals surface area contributed by atoms with Gasteiger partial charge in [0.25, 0.3) is 11.8 Å². The normalized spacial score (nSPS) is 23.9. The Morgan fingerprint density at radius 3 is 2.78 bits per heavy atom. The summed E-state index contributed by atoms with van der Waals surface area (Å²) in [6.45, 7) is 2.19. The molecule has 3 heterocycles. The number of fused-ring (bicyclic) bond motifs is 2.